The highest BCUT2D eigenvalue weighted by Gasteiger charge is 2.10. The van der Waals surface area contributed by atoms with Crippen LogP contribution < -0.4 is 5.32 Å². The van der Waals surface area contributed by atoms with Gasteiger partial charge in [-0.05, 0) is 43.7 Å². The minimum Gasteiger partial charge on any atom is -0.314 e. The highest BCUT2D eigenvalue weighted by molar-refractivity contribution is 7.98. The molecule has 15 heavy (non-hydrogen) atoms. The molecule has 0 fully saturated rings. The lowest BCUT2D eigenvalue weighted by molar-refractivity contribution is 0.366. The van der Waals surface area contributed by atoms with E-state index in [2.05, 4.69) is 32.3 Å². The molecule has 0 amide bonds. The molecule has 0 heterocycles. The van der Waals surface area contributed by atoms with Crippen LogP contribution in [0.5, 0.6) is 0 Å². The van der Waals surface area contributed by atoms with Crippen molar-refractivity contribution in [3.63, 3.8) is 0 Å². The molecule has 0 spiro atoms. The fourth-order valence-electron chi connectivity index (χ4n) is 1.79. The molecule has 0 aliphatic rings. The summed E-state index contributed by atoms with van der Waals surface area (Å²) in [7, 11) is 0. The summed E-state index contributed by atoms with van der Waals surface area (Å²) in [6.07, 6.45) is 8.97. The zero-order valence-electron chi connectivity index (χ0n) is 11.0. The zero-order chi connectivity index (χ0) is 11.5. The van der Waals surface area contributed by atoms with Crippen molar-refractivity contribution in [2.45, 2.75) is 58.9 Å². The Balaban J connectivity index is 3.48. The molecular weight excluding hydrogens is 202 g/mol. The molecule has 0 saturated heterocycles. The van der Waals surface area contributed by atoms with Crippen LogP contribution in [-0.2, 0) is 0 Å². The molecule has 1 nitrogen and oxygen atoms in total. The summed E-state index contributed by atoms with van der Waals surface area (Å²) in [5, 5.41) is 3.65. The Kier molecular flexibility index (Phi) is 11.0. The average molecular weight is 231 g/mol. The molecule has 2 heteroatoms. The Morgan fingerprint density at radius 3 is 2.40 bits per heavy atom. The average Bonchev–Trinajstić information content (AvgIpc) is 2.21. The van der Waals surface area contributed by atoms with Gasteiger partial charge in [-0.1, -0.05) is 33.6 Å². The third kappa shape index (κ3) is 9.25. The molecule has 0 aromatic heterocycles. The number of hydrogen-bond acceptors (Lipinski definition) is 2. The standard InChI is InChI=1S/C13H29NS/c1-5-10-14-13(12(2)3)9-7-6-8-11-15-4/h12-14H,5-11H2,1-4H3. The van der Waals surface area contributed by atoms with Gasteiger partial charge in [-0.25, -0.2) is 0 Å². The molecule has 1 N–H and O–H groups in total. The van der Waals surface area contributed by atoms with Gasteiger partial charge in [0.25, 0.3) is 0 Å². The summed E-state index contributed by atoms with van der Waals surface area (Å²) in [4.78, 5) is 0. The van der Waals surface area contributed by atoms with Gasteiger partial charge in [-0.3, -0.25) is 0 Å². The second kappa shape index (κ2) is 10.8. The number of hydrogen-bond donors (Lipinski definition) is 1. The zero-order valence-corrected chi connectivity index (χ0v) is 11.8. The van der Waals surface area contributed by atoms with Crippen LogP contribution in [0.2, 0.25) is 0 Å². The van der Waals surface area contributed by atoms with E-state index in [-0.39, 0.29) is 0 Å². The molecule has 0 aliphatic heterocycles. The Morgan fingerprint density at radius 1 is 1.13 bits per heavy atom. The van der Waals surface area contributed by atoms with Gasteiger partial charge in [-0.15, -0.1) is 0 Å². The first-order valence-corrected chi connectivity index (χ1v) is 7.84. The summed E-state index contributed by atoms with van der Waals surface area (Å²) in [5.74, 6) is 2.10. The molecular formula is C13H29NS. The smallest absolute Gasteiger partial charge is 0.00900 e. The van der Waals surface area contributed by atoms with E-state index in [1.165, 1.54) is 44.4 Å². The van der Waals surface area contributed by atoms with E-state index in [1.54, 1.807) is 0 Å². The van der Waals surface area contributed by atoms with Gasteiger partial charge in [0.2, 0.25) is 0 Å². The summed E-state index contributed by atoms with van der Waals surface area (Å²) in [6.45, 7) is 8.07. The van der Waals surface area contributed by atoms with E-state index in [0.29, 0.717) is 0 Å². The van der Waals surface area contributed by atoms with Crippen LogP contribution in [0.15, 0.2) is 0 Å². The van der Waals surface area contributed by atoms with Gasteiger partial charge < -0.3 is 5.32 Å². The molecule has 0 aromatic carbocycles. The van der Waals surface area contributed by atoms with E-state index < -0.39 is 0 Å². The predicted octanol–water partition coefficient (Wildman–Crippen LogP) is 3.93. The minimum absolute atomic E-state index is 0.735. The van der Waals surface area contributed by atoms with Crippen molar-refractivity contribution in [2.75, 3.05) is 18.6 Å². The van der Waals surface area contributed by atoms with Crippen molar-refractivity contribution in [3.8, 4) is 0 Å². The Labute approximate surface area is 101 Å². The fourth-order valence-corrected chi connectivity index (χ4v) is 2.28. The number of thioether (sulfide) groups is 1. The van der Waals surface area contributed by atoms with Crippen molar-refractivity contribution in [1.82, 2.24) is 5.32 Å². The highest BCUT2D eigenvalue weighted by Crippen LogP contribution is 2.12. The third-order valence-corrected chi connectivity index (χ3v) is 3.52. The molecule has 1 atom stereocenters. The Hall–Kier alpha value is 0.310. The maximum Gasteiger partial charge on any atom is 0.00900 e. The van der Waals surface area contributed by atoms with Gasteiger partial charge in [0.15, 0.2) is 0 Å². The predicted molar refractivity (Wildman–Crippen MR) is 73.8 cm³/mol. The summed E-state index contributed by atoms with van der Waals surface area (Å²) in [5.41, 5.74) is 0. The van der Waals surface area contributed by atoms with Gasteiger partial charge >= 0.3 is 0 Å². The molecule has 1 unspecified atom stereocenters. The lowest BCUT2D eigenvalue weighted by atomic mass is 9.98. The first kappa shape index (κ1) is 15.3. The second-order valence-electron chi connectivity index (χ2n) is 4.65. The molecule has 0 saturated carbocycles. The van der Waals surface area contributed by atoms with Crippen LogP contribution in [0.4, 0.5) is 0 Å². The van der Waals surface area contributed by atoms with Gasteiger partial charge in [0.05, 0.1) is 0 Å². The van der Waals surface area contributed by atoms with Crippen LogP contribution in [0, 0.1) is 5.92 Å². The lowest BCUT2D eigenvalue weighted by Crippen LogP contribution is -2.34. The van der Waals surface area contributed by atoms with Crippen molar-refractivity contribution in [3.05, 3.63) is 0 Å². The van der Waals surface area contributed by atoms with E-state index >= 15 is 0 Å². The van der Waals surface area contributed by atoms with Crippen molar-refractivity contribution >= 4 is 11.8 Å². The van der Waals surface area contributed by atoms with Crippen LogP contribution >= 0.6 is 11.8 Å². The van der Waals surface area contributed by atoms with Crippen molar-refractivity contribution in [2.24, 2.45) is 5.92 Å². The molecule has 92 valence electrons. The minimum atomic E-state index is 0.735. The number of nitrogens with one attached hydrogen (secondary N) is 1. The summed E-state index contributed by atoms with van der Waals surface area (Å²) in [6, 6.07) is 0.735. The van der Waals surface area contributed by atoms with Crippen molar-refractivity contribution in [1.29, 1.82) is 0 Å². The van der Waals surface area contributed by atoms with Gasteiger partial charge in [0, 0.05) is 6.04 Å². The quantitative estimate of drug-likeness (QED) is 0.572. The lowest BCUT2D eigenvalue weighted by Gasteiger charge is -2.22. The number of unbranched alkanes of at least 4 members (excludes halogenated alkanes) is 2. The fraction of sp³-hybridized carbons (Fsp3) is 1.00. The Morgan fingerprint density at radius 2 is 1.87 bits per heavy atom. The largest absolute Gasteiger partial charge is 0.314 e. The second-order valence-corrected chi connectivity index (χ2v) is 5.63. The van der Waals surface area contributed by atoms with Crippen LogP contribution in [-0.4, -0.2) is 24.6 Å². The molecule has 0 rings (SSSR count). The monoisotopic (exact) mass is 231 g/mol. The molecule has 0 aliphatic carbocycles. The molecule has 0 bridgehead atoms. The number of rotatable bonds is 10. The van der Waals surface area contributed by atoms with Crippen molar-refractivity contribution < 1.29 is 0 Å². The maximum absolute atomic E-state index is 3.65. The van der Waals surface area contributed by atoms with E-state index in [0.717, 1.165) is 12.0 Å². The maximum atomic E-state index is 3.65. The first-order valence-electron chi connectivity index (χ1n) is 6.44. The van der Waals surface area contributed by atoms with E-state index in [4.69, 9.17) is 0 Å². The summed E-state index contributed by atoms with van der Waals surface area (Å²) < 4.78 is 0. The summed E-state index contributed by atoms with van der Waals surface area (Å²) >= 11 is 1.97. The molecule has 0 radical (unpaired) electrons. The van der Waals surface area contributed by atoms with Crippen LogP contribution in [0.3, 0.4) is 0 Å². The molecule has 0 aromatic rings. The van der Waals surface area contributed by atoms with Gasteiger partial charge in [-0.2, -0.15) is 11.8 Å². The third-order valence-electron chi connectivity index (χ3n) is 2.82. The Bertz CT molecular complexity index is 126. The SMILES string of the molecule is CCCNC(CCCCCSC)C(C)C. The van der Waals surface area contributed by atoms with Gasteiger partial charge in [0.1, 0.15) is 0 Å². The normalized spacial score (nSPS) is 13.4. The first-order chi connectivity index (χ1) is 7.22. The highest BCUT2D eigenvalue weighted by atomic mass is 32.2. The van der Waals surface area contributed by atoms with E-state index in [1.807, 2.05) is 11.8 Å². The topological polar surface area (TPSA) is 12.0 Å². The van der Waals surface area contributed by atoms with Crippen LogP contribution in [0.25, 0.3) is 0 Å². The van der Waals surface area contributed by atoms with E-state index in [9.17, 15) is 0 Å². The van der Waals surface area contributed by atoms with Crippen LogP contribution in [0.1, 0.15) is 52.9 Å².